The van der Waals surface area contributed by atoms with Crippen LogP contribution in [0.1, 0.15) is 11.1 Å². The number of benzene rings is 3. The van der Waals surface area contributed by atoms with Gasteiger partial charge in [0, 0.05) is 27.8 Å². The van der Waals surface area contributed by atoms with Crippen molar-refractivity contribution in [2.75, 3.05) is 5.32 Å². The quantitative estimate of drug-likeness (QED) is 0.529. The van der Waals surface area contributed by atoms with Crippen LogP contribution in [0.2, 0.25) is 10.0 Å². The van der Waals surface area contributed by atoms with Gasteiger partial charge in [0.15, 0.2) is 0 Å². The van der Waals surface area contributed by atoms with Crippen molar-refractivity contribution in [1.82, 2.24) is 0 Å². The summed E-state index contributed by atoms with van der Waals surface area (Å²) in [4.78, 5) is 0. The number of ether oxygens (including phenoxy) is 1. The van der Waals surface area contributed by atoms with E-state index in [1.165, 1.54) is 0 Å². The van der Waals surface area contributed by atoms with Gasteiger partial charge in [0.2, 0.25) is 0 Å². The van der Waals surface area contributed by atoms with E-state index in [2.05, 4.69) is 5.32 Å². The van der Waals surface area contributed by atoms with Crippen LogP contribution in [0.5, 0.6) is 11.5 Å². The first-order valence-electron chi connectivity index (χ1n) is 7.79. The molecule has 0 saturated carbocycles. The third-order valence-electron chi connectivity index (χ3n) is 3.66. The molecule has 0 aliphatic rings. The maximum Gasteiger partial charge on any atom is 0.124 e. The van der Waals surface area contributed by atoms with Crippen LogP contribution in [0.4, 0.5) is 5.69 Å². The number of phenolic OH excluding ortho intramolecular Hbond substituents is 1. The zero-order valence-corrected chi connectivity index (χ0v) is 14.9. The Balaban J connectivity index is 1.70. The Bertz CT molecular complexity index is 851. The zero-order chi connectivity index (χ0) is 17.6. The maximum atomic E-state index is 9.35. The second-order valence-electron chi connectivity index (χ2n) is 5.57. The van der Waals surface area contributed by atoms with Crippen molar-refractivity contribution in [3.8, 4) is 11.5 Å². The molecular weight excluding hydrogens is 357 g/mol. The number of nitrogens with one attached hydrogen (secondary N) is 1. The van der Waals surface area contributed by atoms with Crippen molar-refractivity contribution in [3.63, 3.8) is 0 Å². The fourth-order valence-corrected chi connectivity index (χ4v) is 2.80. The van der Waals surface area contributed by atoms with Gasteiger partial charge >= 0.3 is 0 Å². The minimum absolute atomic E-state index is 0.235. The van der Waals surface area contributed by atoms with Crippen LogP contribution < -0.4 is 10.1 Å². The molecule has 0 bridgehead atoms. The van der Waals surface area contributed by atoms with E-state index >= 15 is 0 Å². The van der Waals surface area contributed by atoms with Gasteiger partial charge in [-0.25, -0.2) is 0 Å². The lowest BCUT2D eigenvalue weighted by Crippen LogP contribution is -2.04. The predicted octanol–water partition coefficient (Wildman–Crippen LogP) is 5.89. The summed E-state index contributed by atoms with van der Waals surface area (Å²) in [5, 5.41) is 14.0. The topological polar surface area (TPSA) is 41.5 Å². The molecule has 0 atom stereocenters. The summed E-state index contributed by atoms with van der Waals surface area (Å²) in [6, 6.07) is 20.0. The lowest BCUT2D eigenvalue weighted by atomic mass is 10.2. The Kier molecular flexibility index (Phi) is 5.69. The molecule has 0 aliphatic carbocycles. The average Bonchev–Trinajstić information content (AvgIpc) is 2.60. The molecule has 128 valence electrons. The largest absolute Gasteiger partial charge is 0.508 e. The molecule has 0 aromatic heterocycles. The number of phenols is 1. The Morgan fingerprint density at radius 2 is 1.64 bits per heavy atom. The summed E-state index contributed by atoms with van der Waals surface area (Å²) in [5.74, 6) is 0.995. The molecule has 0 radical (unpaired) electrons. The summed E-state index contributed by atoms with van der Waals surface area (Å²) in [7, 11) is 0. The van der Waals surface area contributed by atoms with E-state index in [1.807, 2.05) is 48.5 Å². The van der Waals surface area contributed by atoms with Crippen LogP contribution in [-0.2, 0) is 13.2 Å². The molecule has 0 unspecified atom stereocenters. The van der Waals surface area contributed by atoms with Crippen LogP contribution in [0, 0.1) is 0 Å². The molecule has 2 N–H and O–H groups in total. The fourth-order valence-electron chi connectivity index (χ4n) is 2.39. The van der Waals surface area contributed by atoms with Gasteiger partial charge in [-0.15, -0.1) is 0 Å². The average molecular weight is 374 g/mol. The number of aromatic hydroxyl groups is 1. The van der Waals surface area contributed by atoms with Crippen molar-refractivity contribution in [1.29, 1.82) is 0 Å². The third kappa shape index (κ3) is 5.05. The van der Waals surface area contributed by atoms with Gasteiger partial charge < -0.3 is 15.2 Å². The minimum atomic E-state index is 0.235. The molecule has 0 heterocycles. The van der Waals surface area contributed by atoms with Crippen LogP contribution in [0.25, 0.3) is 0 Å². The lowest BCUT2D eigenvalue weighted by molar-refractivity contribution is 0.303. The smallest absolute Gasteiger partial charge is 0.124 e. The van der Waals surface area contributed by atoms with E-state index in [4.69, 9.17) is 27.9 Å². The number of halogens is 2. The molecule has 25 heavy (non-hydrogen) atoms. The summed E-state index contributed by atoms with van der Waals surface area (Å²) >= 11 is 12.1. The Morgan fingerprint density at radius 3 is 2.40 bits per heavy atom. The molecule has 3 nitrogen and oxygen atoms in total. The van der Waals surface area contributed by atoms with Gasteiger partial charge in [-0.05, 0) is 60.2 Å². The monoisotopic (exact) mass is 373 g/mol. The lowest BCUT2D eigenvalue weighted by Gasteiger charge is -2.14. The van der Waals surface area contributed by atoms with Gasteiger partial charge in [-0.1, -0.05) is 35.3 Å². The summed E-state index contributed by atoms with van der Waals surface area (Å²) in [6.07, 6.45) is 0. The highest BCUT2D eigenvalue weighted by Gasteiger charge is 2.06. The molecule has 3 aromatic carbocycles. The molecule has 0 aliphatic heterocycles. The van der Waals surface area contributed by atoms with E-state index in [9.17, 15) is 5.11 Å². The minimum Gasteiger partial charge on any atom is -0.508 e. The van der Waals surface area contributed by atoms with Crippen LogP contribution >= 0.6 is 23.2 Å². The van der Waals surface area contributed by atoms with E-state index < -0.39 is 0 Å². The normalized spacial score (nSPS) is 10.5. The molecule has 3 aromatic rings. The van der Waals surface area contributed by atoms with Crippen molar-refractivity contribution in [2.45, 2.75) is 13.2 Å². The first-order valence-corrected chi connectivity index (χ1v) is 8.54. The Morgan fingerprint density at radius 1 is 0.880 bits per heavy atom. The summed E-state index contributed by atoms with van der Waals surface area (Å²) in [6.45, 7) is 0.977. The van der Waals surface area contributed by atoms with Crippen molar-refractivity contribution in [3.05, 3.63) is 87.9 Å². The zero-order valence-electron chi connectivity index (χ0n) is 13.4. The standard InChI is InChI=1S/C20H17Cl2NO2/c21-16-3-1-2-14(10-16)13-25-20-9-4-17(22)11-15(20)12-23-18-5-7-19(24)8-6-18/h1-11,23-24H,12-13H2. The number of rotatable bonds is 6. The third-order valence-corrected chi connectivity index (χ3v) is 4.13. The molecule has 0 spiro atoms. The predicted molar refractivity (Wildman–Crippen MR) is 103 cm³/mol. The second-order valence-corrected chi connectivity index (χ2v) is 6.44. The molecule has 0 fully saturated rings. The molecule has 0 amide bonds. The Hall–Kier alpha value is -2.36. The Labute approximate surface area is 156 Å². The van der Waals surface area contributed by atoms with Gasteiger partial charge in [-0.3, -0.25) is 0 Å². The molecule has 3 rings (SSSR count). The first kappa shape index (κ1) is 17.5. The van der Waals surface area contributed by atoms with Crippen LogP contribution in [-0.4, -0.2) is 5.11 Å². The van der Waals surface area contributed by atoms with Crippen LogP contribution in [0.3, 0.4) is 0 Å². The highest BCUT2D eigenvalue weighted by Crippen LogP contribution is 2.25. The van der Waals surface area contributed by atoms with Gasteiger partial charge in [-0.2, -0.15) is 0 Å². The van der Waals surface area contributed by atoms with Crippen molar-refractivity contribution < 1.29 is 9.84 Å². The van der Waals surface area contributed by atoms with E-state index in [-0.39, 0.29) is 5.75 Å². The van der Waals surface area contributed by atoms with E-state index in [1.54, 1.807) is 18.2 Å². The number of hydrogen-bond donors (Lipinski definition) is 2. The summed E-state index contributed by atoms with van der Waals surface area (Å²) in [5.41, 5.74) is 2.85. The highest BCUT2D eigenvalue weighted by atomic mass is 35.5. The van der Waals surface area contributed by atoms with E-state index in [0.29, 0.717) is 23.2 Å². The molecule has 5 heteroatoms. The first-order chi connectivity index (χ1) is 12.1. The van der Waals surface area contributed by atoms with Gasteiger partial charge in [0.25, 0.3) is 0 Å². The molecular formula is C20H17Cl2NO2. The van der Waals surface area contributed by atoms with Crippen molar-refractivity contribution in [2.24, 2.45) is 0 Å². The fraction of sp³-hybridized carbons (Fsp3) is 0.100. The highest BCUT2D eigenvalue weighted by molar-refractivity contribution is 6.30. The summed E-state index contributed by atoms with van der Waals surface area (Å²) < 4.78 is 5.94. The van der Waals surface area contributed by atoms with E-state index in [0.717, 1.165) is 22.6 Å². The number of hydrogen-bond acceptors (Lipinski definition) is 3. The molecule has 0 saturated heterocycles. The second kappa shape index (κ2) is 8.15. The van der Waals surface area contributed by atoms with Gasteiger partial charge in [0.1, 0.15) is 18.1 Å². The van der Waals surface area contributed by atoms with Crippen LogP contribution in [0.15, 0.2) is 66.7 Å². The number of anilines is 1. The van der Waals surface area contributed by atoms with Crippen molar-refractivity contribution >= 4 is 28.9 Å². The maximum absolute atomic E-state index is 9.35. The van der Waals surface area contributed by atoms with Gasteiger partial charge in [0.05, 0.1) is 0 Å². The SMILES string of the molecule is Oc1ccc(NCc2cc(Cl)ccc2OCc2cccc(Cl)c2)cc1.